The quantitative estimate of drug-likeness (QED) is 0.243. The van der Waals surface area contributed by atoms with E-state index in [1.54, 1.807) is 41.3 Å². The largest absolute Gasteiger partial charge is 0.457 e. The third-order valence-corrected chi connectivity index (χ3v) is 6.67. The van der Waals surface area contributed by atoms with Gasteiger partial charge in [-0.3, -0.25) is 14.4 Å². The molecule has 0 saturated carbocycles. The number of amides is 1. The Labute approximate surface area is 222 Å². The summed E-state index contributed by atoms with van der Waals surface area (Å²) in [7, 11) is 0. The topological polar surface area (TPSA) is 72.9 Å². The highest BCUT2D eigenvalue weighted by molar-refractivity contribution is 6.30. The van der Waals surface area contributed by atoms with E-state index in [-0.39, 0.29) is 24.7 Å². The van der Waals surface area contributed by atoms with Gasteiger partial charge in [-0.2, -0.15) is 0 Å². The van der Waals surface area contributed by atoms with Crippen molar-refractivity contribution in [3.8, 4) is 11.5 Å². The molecule has 1 heterocycles. The highest BCUT2D eigenvalue weighted by atomic mass is 35.5. The van der Waals surface area contributed by atoms with E-state index in [0.717, 1.165) is 16.9 Å². The zero-order valence-corrected chi connectivity index (χ0v) is 22.1. The first-order chi connectivity index (χ1) is 17.6. The normalized spacial score (nSPS) is 16.1. The number of aryl methyl sites for hydroxylation is 1. The minimum Gasteiger partial charge on any atom is -0.457 e. The third-order valence-electron chi connectivity index (χ3n) is 6.42. The molecular weight excluding hydrogens is 490 g/mol. The highest BCUT2D eigenvalue weighted by Crippen LogP contribution is 2.33. The van der Waals surface area contributed by atoms with Gasteiger partial charge in [0, 0.05) is 29.2 Å². The van der Waals surface area contributed by atoms with Gasteiger partial charge < -0.3 is 14.4 Å². The molecule has 1 saturated heterocycles. The van der Waals surface area contributed by atoms with Gasteiger partial charge in [-0.05, 0) is 85.5 Å². The Hall–Kier alpha value is -3.64. The van der Waals surface area contributed by atoms with Crippen LogP contribution in [0.1, 0.15) is 54.6 Å². The first kappa shape index (κ1) is 26.4. The van der Waals surface area contributed by atoms with Crippen LogP contribution >= 0.6 is 11.6 Å². The monoisotopic (exact) mass is 519 g/mol. The SMILES string of the molecule is Cc1ccc(C(C)C)c(Oc2ccc(N3C[C@H](C(=O)O[C@@H](C)C(=O)c4ccc(Cl)cc4)CC3=O)cc2)c1. The van der Waals surface area contributed by atoms with Gasteiger partial charge in [0.1, 0.15) is 11.5 Å². The number of rotatable bonds is 8. The number of anilines is 1. The Morgan fingerprint density at radius 1 is 0.973 bits per heavy atom. The Balaban J connectivity index is 1.39. The highest BCUT2D eigenvalue weighted by Gasteiger charge is 2.37. The summed E-state index contributed by atoms with van der Waals surface area (Å²) in [5, 5.41) is 0.515. The summed E-state index contributed by atoms with van der Waals surface area (Å²) in [5.74, 6) is 0.0802. The lowest BCUT2D eigenvalue weighted by atomic mass is 10.0. The van der Waals surface area contributed by atoms with Crippen LogP contribution in [0.25, 0.3) is 0 Å². The average molecular weight is 520 g/mol. The second-order valence-corrected chi connectivity index (χ2v) is 10.1. The van der Waals surface area contributed by atoms with E-state index in [2.05, 4.69) is 26.0 Å². The van der Waals surface area contributed by atoms with E-state index in [1.807, 2.05) is 25.1 Å². The second-order valence-electron chi connectivity index (χ2n) is 9.65. The lowest BCUT2D eigenvalue weighted by molar-refractivity contribution is -0.151. The van der Waals surface area contributed by atoms with Crippen LogP contribution in [0.5, 0.6) is 11.5 Å². The summed E-state index contributed by atoms with van der Waals surface area (Å²) in [4.78, 5) is 39.6. The predicted octanol–water partition coefficient (Wildman–Crippen LogP) is 6.73. The van der Waals surface area contributed by atoms with Crippen molar-refractivity contribution in [1.82, 2.24) is 0 Å². The lowest BCUT2D eigenvalue weighted by Gasteiger charge is -2.19. The molecule has 192 valence electrons. The van der Waals surface area contributed by atoms with Crippen molar-refractivity contribution in [3.63, 3.8) is 0 Å². The van der Waals surface area contributed by atoms with E-state index in [1.165, 1.54) is 6.92 Å². The van der Waals surface area contributed by atoms with Gasteiger partial charge in [-0.25, -0.2) is 0 Å². The molecule has 1 aliphatic heterocycles. The van der Waals surface area contributed by atoms with Crippen molar-refractivity contribution in [2.75, 3.05) is 11.4 Å². The molecule has 1 aliphatic rings. The van der Waals surface area contributed by atoms with Crippen LogP contribution in [0, 0.1) is 12.8 Å². The van der Waals surface area contributed by atoms with Crippen LogP contribution < -0.4 is 9.64 Å². The van der Waals surface area contributed by atoms with Crippen molar-refractivity contribution in [3.05, 3.63) is 88.4 Å². The van der Waals surface area contributed by atoms with Crippen LogP contribution in [0.2, 0.25) is 5.02 Å². The maximum absolute atomic E-state index is 12.7. The average Bonchev–Trinajstić information content (AvgIpc) is 3.26. The Morgan fingerprint density at radius 2 is 1.65 bits per heavy atom. The summed E-state index contributed by atoms with van der Waals surface area (Å²) in [5.41, 5.74) is 3.31. The van der Waals surface area contributed by atoms with Crippen molar-refractivity contribution in [2.24, 2.45) is 5.92 Å². The summed E-state index contributed by atoms with van der Waals surface area (Å²) in [6.07, 6.45) is -0.938. The lowest BCUT2D eigenvalue weighted by Crippen LogP contribution is -2.30. The summed E-state index contributed by atoms with van der Waals surface area (Å²) < 4.78 is 11.6. The predicted molar refractivity (Wildman–Crippen MR) is 144 cm³/mol. The van der Waals surface area contributed by atoms with E-state index >= 15 is 0 Å². The van der Waals surface area contributed by atoms with Gasteiger partial charge in [-0.15, -0.1) is 0 Å². The first-order valence-corrected chi connectivity index (χ1v) is 12.7. The fourth-order valence-electron chi connectivity index (χ4n) is 4.32. The molecule has 3 aromatic rings. The third kappa shape index (κ3) is 6.20. The van der Waals surface area contributed by atoms with Crippen LogP contribution in [-0.4, -0.2) is 30.3 Å². The van der Waals surface area contributed by atoms with E-state index in [0.29, 0.717) is 27.9 Å². The van der Waals surface area contributed by atoms with Gasteiger partial charge in [-0.1, -0.05) is 37.6 Å². The molecule has 1 fully saturated rings. The van der Waals surface area contributed by atoms with Crippen LogP contribution in [-0.2, 0) is 14.3 Å². The molecular formula is C30H30ClNO5. The van der Waals surface area contributed by atoms with E-state index < -0.39 is 18.0 Å². The minimum atomic E-state index is -0.966. The number of hydrogen-bond donors (Lipinski definition) is 0. The molecule has 0 N–H and O–H groups in total. The van der Waals surface area contributed by atoms with Gasteiger partial charge in [0.2, 0.25) is 11.7 Å². The maximum Gasteiger partial charge on any atom is 0.312 e. The Kier molecular flexibility index (Phi) is 7.98. The van der Waals surface area contributed by atoms with Crippen molar-refractivity contribution in [2.45, 2.75) is 46.1 Å². The molecule has 0 unspecified atom stereocenters. The Bertz CT molecular complexity index is 1300. The molecule has 0 bridgehead atoms. The van der Waals surface area contributed by atoms with Crippen molar-refractivity contribution >= 4 is 34.9 Å². The molecule has 37 heavy (non-hydrogen) atoms. The number of hydrogen-bond acceptors (Lipinski definition) is 5. The minimum absolute atomic E-state index is 0.0278. The van der Waals surface area contributed by atoms with Gasteiger partial charge >= 0.3 is 5.97 Å². The summed E-state index contributed by atoms with van der Waals surface area (Å²) in [6, 6.07) is 19.8. The van der Waals surface area contributed by atoms with Crippen LogP contribution in [0.4, 0.5) is 5.69 Å². The molecule has 7 heteroatoms. The molecule has 6 nitrogen and oxygen atoms in total. The Morgan fingerprint density at radius 3 is 2.30 bits per heavy atom. The molecule has 0 radical (unpaired) electrons. The fourth-order valence-corrected chi connectivity index (χ4v) is 4.44. The maximum atomic E-state index is 12.7. The molecule has 0 spiro atoms. The fraction of sp³-hybridized carbons (Fsp3) is 0.300. The number of esters is 1. The molecule has 0 aromatic heterocycles. The zero-order chi connectivity index (χ0) is 26.7. The van der Waals surface area contributed by atoms with E-state index in [9.17, 15) is 14.4 Å². The number of halogens is 1. The molecule has 2 atom stereocenters. The molecule has 0 aliphatic carbocycles. The molecule has 1 amide bonds. The molecule has 4 rings (SSSR count). The number of carbonyl (C=O) groups is 3. The number of benzene rings is 3. The van der Waals surface area contributed by atoms with Gasteiger partial charge in [0.15, 0.2) is 6.10 Å². The summed E-state index contributed by atoms with van der Waals surface area (Å²) >= 11 is 5.87. The standard InChI is InChI=1S/C30H30ClNO5/c1-18(2)26-14-5-19(3)15-27(26)37-25-12-10-24(11-13-25)32-17-22(16-28(32)33)30(35)36-20(4)29(34)21-6-8-23(31)9-7-21/h5-15,18,20,22H,16-17H2,1-4H3/t20-,22+/m0/s1. The smallest absolute Gasteiger partial charge is 0.312 e. The summed E-state index contributed by atoms with van der Waals surface area (Å²) in [6.45, 7) is 7.98. The van der Waals surface area contributed by atoms with Gasteiger partial charge in [0.05, 0.1) is 5.92 Å². The zero-order valence-electron chi connectivity index (χ0n) is 21.4. The van der Waals surface area contributed by atoms with Gasteiger partial charge in [0.25, 0.3) is 0 Å². The second kappa shape index (κ2) is 11.2. The molecule has 3 aromatic carbocycles. The van der Waals surface area contributed by atoms with Crippen LogP contribution in [0.15, 0.2) is 66.7 Å². The van der Waals surface area contributed by atoms with Crippen molar-refractivity contribution < 1.29 is 23.9 Å². The van der Waals surface area contributed by atoms with Crippen molar-refractivity contribution in [1.29, 1.82) is 0 Å². The number of carbonyl (C=O) groups excluding carboxylic acids is 3. The van der Waals surface area contributed by atoms with Crippen LogP contribution in [0.3, 0.4) is 0 Å². The number of ether oxygens (including phenoxy) is 2. The van der Waals surface area contributed by atoms with E-state index in [4.69, 9.17) is 21.1 Å². The first-order valence-electron chi connectivity index (χ1n) is 12.3. The number of Topliss-reactive ketones (excluding diaryl/α,β-unsaturated/α-hetero) is 1. The number of nitrogens with zero attached hydrogens (tertiary/aromatic N) is 1. The number of ketones is 1.